The highest BCUT2D eigenvalue weighted by Crippen LogP contribution is 2.24. The normalized spacial score (nSPS) is 20.1. The molecule has 18 heavy (non-hydrogen) atoms. The van der Waals surface area contributed by atoms with Crippen LogP contribution < -0.4 is 10.6 Å². The predicted molar refractivity (Wildman–Crippen MR) is 66.4 cm³/mol. The molecule has 6 heteroatoms. The van der Waals surface area contributed by atoms with Gasteiger partial charge in [0.15, 0.2) is 0 Å². The molecule has 1 fully saturated rings. The molecule has 0 unspecified atom stereocenters. The first-order valence-corrected chi connectivity index (χ1v) is 5.64. The number of rotatable bonds is 1. The quantitative estimate of drug-likeness (QED) is 0.625. The minimum absolute atomic E-state index is 0.0613. The van der Waals surface area contributed by atoms with Gasteiger partial charge in [-0.2, -0.15) is 0 Å². The summed E-state index contributed by atoms with van der Waals surface area (Å²) in [4.78, 5) is 30.1. The number of carbonyl (C=O) groups excluding carboxylic acids is 2. The van der Waals surface area contributed by atoms with E-state index < -0.39 is 5.91 Å². The molecule has 1 aromatic heterocycles. The lowest BCUT2D eigenvalue weighted by Crippen LogP contribution is -2.47. The van der Waals surface area contributed by atoms with Gasteiger partial charge in [0.2, 0.25) is 5.91 Å². The van der Waals surface area contributed by atoms with Crippen LogP contribution in [-0.2, 0) is 15.0 Å². The van der Waals surface area contributed by atoms with Gasteiger partial charge in [-0.1, -0.05) is 20.8 Å². The number of amides is 2. The lowest BCUT2D eigenvalue weighted by Gasteiger charge is -2.19. The summed E-state index contributed by atoms with van der Waals surface area (Å²) in [7, 11) is 0. The second kappa shape index (κ2) is 4.29. The third-order valence-corrected chi connectivity index (χ3v) is 2.53. The Morgan fingerprint density at radius 1 is 1.44 bits per heavy atom. The second-order valence-electron chi connectivity index (χ2n) is 5.11. The predicted octanol–water partition coefficient (Wildman–Crippen LogP) is 0.294. The van der Waals surface area contributed by atoms with Crippen LogP contribution >= 0.6 is 0 Å². The zero-order valence-electron chi connectivity index (χ0n) is 11.5. The number of nitrogens with zero attached hydrogens (tertiary/aromatic N) is 1. The Balaban J connectivity index is 2.49. The second-order valence-corrected chi connectivity index (χ2v) is 5.11. The van der Waals surface area contributed by atoms with E-state index in [1.54, 1.807) is 0 Å². The molecule has 2 rings (SSSR count). The highest BCUT2D eigenvalue weighted by molar-refractivity contribution is 6.05. The molecular weight excluding hydrogens is 232 g/mol. The van der Waals surface area contributed by atoms with E-state index in [-0.39, 0.29) is 29.6 Å². The van der Waals surface area contributed by atoms with E-state index in [0.717, 1.165) is 5.69 Å². The van der Waals surface area contributed by atoms with Crippen LogP contribution in [0.15, 0.2) is 12.0 Å². The minimum Gasteiger partial charge on any atom is -0.348 e. The Bertz CT molecular complexity index is 569. The van der Waals surface area contributed by atoms with Crippen LogP contribution in [0.25, 0.3) is 6.05 Å². The molecule has 2 heterocycles. The molecular formula is C12H16N4O2. The number of hydrogen-bond acceptors (Lipinski definition) is 3. The van der Waals surface area contributed by atoms with Gasteiger partial charge in [-0.05, 0) is 6.05 Å². The van der Waals surface area contributed by atoms with Gasteiger partial charge >= 0.3 is 0 Å². The van der Waals surface area contributed by atoms with Crippen LogP contribution in [-0.4, -0.2) is 28.3 Å². The number of nitrogens with one attached hydrogen (secondary N) is 3. The highest BCUT2D eigenvalue weighted by Gasteiger charge is 2.23. The van der Waals surface area contributed by atoms with Gasteiger partial charge < -0.3 is 15.6 Å². The first-order chi connectivity index (χ1) is 8.80. The number of hydrogen-bond donors (Lipinski definition) is 3. The molecule has 0 aromatic carbocycles. The highest BCUT2D eigenvalue weighted by atomic mass is 16.2. The zero-order valence-corrected chi connectivity index (χ0v) is 10.5. The van der Waals surface area contributed by atoms with Gasteiger partial charge in [-0.25, -0.2) is 4.98 Å². The summed E-state index contributed by atoms with van der Waals surface area (Å²) in [5.74, 6) is -0.806. The van der Waals surface area contributed by atoms with Gasteiger partial charge in [-0.3, -0.25) is 9.59 Å². The molecule has 0 saturated carbocycles. The maximum absolute atomic E-state index is 11.7. The van der Waals surface area contributed by atoms with Crippen molar-refractivity contribution in [3.63, 3.8) is 0 Å². The number of H-pyrrole nitrogens is 1. The van der Waals surface area contributed by atoms with Crippen molar-refractivity contribution in [2.24, 2.45) is 0 Å². The Hall–Kier alpha value is -2.11. The van der Waals surface area contributed by atoms with Gasteiger partial charge in [0.1, 0.15) is 5.70 Å². The smallest absolute Gasteiger partial charge is 0.268 e. The van der Waals surface area contributed by atoms with E-state index >= 15 is 0 Å². The van der Waals surface area contributed by atoms with Gasteiger partial charge in [0.05, 0.1) is 19.9 Å². The molecule has 1 aliphatic rings. The standard InChI is InChI=1S/C12H16N4O2/c1-12(2,3)10-7(14-6-15-10)4-8-11(18)13-5-9(17)16-8/h4,6H,5H2,1-3H3,(H,13,18)(H,14,15)(H,16,17)/i4D. The van der Waals surface area contributed by atoms with Crippen molar-refractivity contribution in [2.75, 3.05) is 6.54 Å². The average Bonchev–Trinajstić information content (AvgIpc) is 2.80. The third kappa shape index (κ3) is 2.42. The molecule has 3 N–H and O–H groups in total. The fourth-order valence-corrected chi connectivity index (χ4v) is 1.66. The summed E-state index contributed by atoms with van der Waals surface area (Å²) in [6, 6.07) is -0.0864. The lowest BCUT2D eigenvalue weighted by atomic mass is 9.90. The third-order valence-electron chi connectivity index (χ3n) is 2.53. The van der Waals surface area contributed by atoms with Crippen LogP contribution in [0.5, 0.6) is 0 Å². The summed E-state index contributed by atoms with van der Waals surface area (Å²) >= 11 is 0. The minimum atomic E-state index is -0.465. The number of aromatic nitrogens is 2. The number of imidazole rings is 1. The van der Waals surface area contributed by atoms with Gasteiger partial charge in [0.25, 0.3) is 5.91 Å². The topological polar surface area (TPSA) is 86.9 Å². The maximum Gasteiger partial charge on any atom is 0.268 e. The zero-order chi connectivity index (χ0) is 14.2. The van der Waals surface area contributed by atoms with Crippen LogP contribution in [0.4, 0.5) is 0 Å². The fourth-order valence-electron chi connectivity index (χ4n) is 1.66. The molecule has 1 saturated heterocycles. The Labute approximate surface area is 106 Å². The SMILES string of the molecule is [2H]C(=C1NC(=O)CNC1=O)c1nc[nH]c1C(C)(C)C. The number of piperazine rings is 1. The molecule has 2 amide bonds. The van der Waals surface area contributed by atoms with Crippen molar-refractivity contribution >= 4 is 17.9 Å². The first kappa shape index (κ1) is 11.0. The van der Waals surface area contributed by atoms with Crippen molar-refractivity contribution < 1.29 is 11.0 Å². The summed E-state index contributed by atoms with van der Waals surface area (Å²) in [6.45, 7) is 5.85. The van der Waals surface area contributed by atoms with Gasteiger partial charge in [-0.15, -0.1) is 0 Å². The van der Waals surface area contributed by atoms with E-state index in [4.69, 9.17) is 1.37 Å². The van der Waals surface area contributed by atoms with Crippen LogP contribution in [0.3, 0.4) is 0 Å². The molecule has 1 aromatic rings. The number of carbonyl (C=O) groups is 2. The fraction of sp³-hybridized carbons (Fsp3) is 0.417. The molecule has 0 atom stereocenters. The monoisotopic (exact) mass is 249 g/mol. The van der Waals surface area contributed by atoms with E-state index in [0.29, 0.717) is 5.69 Å². The number of aromatic amines is 1. The van der Waals surface area contributed by atoms with E-state index in [1.807, 2.05) is 20.8 Å². The molecule has 0 radical (unpaired) electrons. The summed E-state index contributed by atoms with van der Waals surface area (Å²) in [5, 5.41) is 4.84. The lowest BCUT2D eigenvalue weighted by molar-refractivity contribution is -0.127. The van der Waals surface area contributed by atoms with Crippen molar-refractivity contribution in [2.45, 2.75) is 26.2 Å². The largest absolute Gasteiger partial charge is 0.348 e. The Morgan fingerprint density at radius 3 is 2.83 bits per heavy atom. The molecule has 0 bridgehead atoms. The molecule has 0 aliphatic carbocycles. The summed E-state index contributed by atoms with van der Waals surface area (Å²) in [5.41, 5.74) is 0.819. The van der Waals surface area contributed by atoms with Crippen molar-refractivity contribution in [3.8, 4) is 0 Å². The van der Waals surface area contributed by atoms with Crippen molar-refractivity contribution in [1.29, 1.82) is 0 Å². The van der Waals surface area contributed by atoms with E-state index in [1.165, 1.54) is 6.33 Å². The molecule has 0 spiro atoms. The van der Waals surface area contributed by atoms with Crippen LogP contribution in [0, 0.1) is 0 Å². The van der Waals surface area contributed by atoms with E-state index in [9.17, 15) is 9.59 Å². The average molecular weight is 249 g/mol. The van der Waals surface area contributed by atoms with Crippen molar-refractivity contribution in [3.05, 3.63) is 23.4 Å². The van der Waals surface area contributed by atoms with Crippen LogP contribution in [0.2, 0.25) is 0 Å². The Morgan fingerprint density at radius 2 is 2.17 bits per heavy atom. The Kier molecular flexibility index (Phi) is 2.62. The molecule has 96 valence electrons. The van der Waals surface area contributed by atoms with Crippen molar-refractivity contribution in [1.82, 2.24) is 20.6 Å². The first-order valence-electron chi connectivity index (χ1n) is 6.14. The molecule has 1 aliphatic heterocycles. The van der Waals surface area contributed by atoms with E-state index in [2.05, 4.69) is 20.6 Å². The molecule has 6 nitrogen and oxygen atoms in total. The summed E-state index contributed by atoms with van der Waals surface area (Å²) < 4.78 is 8.09. The van der Waals surface area contributed by atoms with Crippen LogP contribution in [0.1, 0.15) is 33.5 Å². The summed E-state index contributed by atoms with van der Waals surface area (Å²) in [6.07, 6.45) is 1.48. The van der Waals surface area contributed by atoms with Gasteiger partial charge in [0, 0.05) is 11.1 Å². The maximum atomic E-state index is 11.7.